The Morgan fingerprint density at radius 3 is 1.81 bits per heavy atom. The summed E-state index contributed by atoms with van der Waals surface area (Å²) in [5.74, 6) is 0. The predicted molar refractivity (Wildman–Crippen MR) is 61.4 cm³/mol. The van der Waals surface area contributed by atoms with E-state index in [1.54, 1.807) is 0 Å². The second-order valence-corrected chi connectivity index (χ2v) is 3.20. The maximum atomic E-state index is 8.15. The van der Waals surface area contributed by atoms with Crippen molar-refractivity contribution < 1.29 is 14.2 Å². The van der Waals surface area contributed by atoms with Gasteiger partial charge in [-0.15, -0.1) is 0 Å². The first-order chi connectivity index (χ1) is 7.91. The molecule has 6 nitrogen and oxygen atoms in total. The third-order valence-corrected chi connectivity index (χ3v) is 1.78. The van der Waals surface area contributed by atoms with Gasteiger partial charge in [0, 0.05) is 19.8 Å². The van der Waals surface area contributed by atoms with E-state index in [1.807, 2.05) is 0 Å². The fourth-order valence-corrected chi connectivity index (χ4v) is 0.965. The second kappa shape index (κ2) is 14.4. The number of rotatable bonds is 13. The van der Waals surface area contributed by atoms with E-state index in [2.05, 4.69) is 5.11 Å². The van der Waals surface area contributed by atoms with E-state index in [0.717, 1.165) is 12.8 Å². The van der Waals surface area contributed by atoms with Gasteiger partial charge in [-0.25, -0.2) is 0 Å². The normalized spacial score (nSPS) is 10.6. The highest BCUT2D eigenvalue weighted by Crippen LogP contribution is 1.86. The molecule has 0 fully saturated rings. The Hall–Kier alpha value is -0.560. The van der Waals surface area contributed by atoms with E-state index >= 15 is 0 Å². The quantitative estimate of drug-likeness (QED) is 0.375. The lowest BCUT2D eigenvalue weighted by Crippen LogP contribution is -2.11. The standard InChI is InChI=1S/C10H22N3O3/c11-3-1-5-14-7-9-16-10-8-15-6-2-4-13-12/h1-11H2/q-1. The van der Waals surface area contributed by atoms with Gasteiger partial charge in [0.25, 0.3) is 0 Å². The molecule has 96 valence electrons. The first-order valence-corrected chi connectivity index (χ1v) is 5.66. The van der Waals surface area contributed by atoms with Crippen molar-refractivity contribution in [1.29, 1.82) is 0 Å². The van der Waals surface area contributed by atoms with Crippen LogP contribution in [0, 0.1) is 0 Å². The molecule has 0 aromatic heterocycles. The van der Waals surface area contributed by atoms with Crippen molar-refractivity contribution >= 4 is 0 Å². The highest BCUT2D eigenvalue weighted by atomic mass is 16.5. The molecule has 0 heterocycles. The van der Waals surface area contributed by atoms with E-state index in [0.29, 0.717) is 52.7 Å². The Bertz CT molecular complexity index is 147. The average Bonchev–Trinajstić information content (AvgIpc) is 2.31. The van der Waals surface area contributed by atoms with E-state index in [1.165, 1.54) is 0 Å². The van der Waals surface area contributed by atoms with E-state index < -0.39 is 0 Å². The lowest BCUT2D eigenvalue weighted by Gasteiger charge is -2.06. The molecular weight excluding hydrogens is 210 g/mol. The summed E-state index contributed by atoms with van der Waals surface area (Å²) in [5.41, 5.74) is 13.5. The average molecular weight is 232 g/mol. The summed E-state index contributed by atoms with van der Waals surface area (Å²) in [4.78, 5) is 0. The van der Waals surface area contributed by atoms with Gasteiger partial charge < -0.3 is 30.6 Å². The molecular formula is C10H22N3O3-. The van der Waals surface area contributed by atoms with Crippen LogP contribution >= 0.6 is 0 Å². The third kappa shape index (κ3) is 13.4. The summed E-state index contributed by atoms with van der Waals surface area (Å²) in [6, 6.07) is 0. The minimum atomic E-state index is 0.426. The van der Waals surface area contributed by atoms with Crippen molar-refractivity contribution in [2.75, 3.05) is 52.7 Å². The molecule has 0 aliphatic rings. The van der Waals surface area contributed by atoms with Crippen molar-refractivity contribution in [3.8, 4) is 0 Å². The highest BCUT2D eigenvalue weighted by molar-refractivity contribution is 4.41. The van der Waals surface area contributed by atoms with Crippen LogP contribution in [-0.2, 0) is 14.2 Å². The van der Waals surface area contributed by atoms with Crippen LogP contribution < -0.4 is 5.73 Å². The van der Waals surface area contributed by atoms with Crippen LogP contribution in [-0.4, -0.2) is 52.7 Å². The molecule has 0 radical (unpaired) electrons. The monoisotopic (exact) mass is 232 g/mol. The molecule has 0 saturated carbocycles. The molecule has 0 bridgehead atoms. The molecule has 0 spiro atoms. The molecule has 0 aliphatic carbocycles. The molecule has 0 aromatic carbocycles. The van der Waals surface area contributed by atoms with E-state index in [4.69, 9.17) is 25.5 Å². The van der Waals surface area contributed by atoms with Crippen molar-refractivity contribution in [2.24, 2.45) is 10.8 Å². The molecule has 0 unspecified atom stereocenters. The molecule has 6 heteroatoms. The fourth-order valence-electron chi connectivity index (χ4n) is 0.965. The fraction of sp³-hybridized carbons (Fsp3) is 1.00. The van der Waals surface area contributed by atoms with E-state index in [-0.39, 0.29) is 0 Å². The van der Waals surface area contributed by atoms with Gasteiger partial charge in [0.15, 0.2) is 0 Å². The number of ether oxygens (including phenoxy) is 3. The van der Waals surface area contributed by atoms with Crippen LogP contribution in [0.25, 0.3) is 5.53 Å². The van der Waals surface area contributed by atoms with Crippen LogP contribution in [0.1, 0.15) is 12.8 Å². The minimum Gasteiger partial charge on any atom is -0.712 e. The van der Waals surface area contributed by atoms with Gasteiger partial charge in [-0.1, -0.05) is 0 Å². The zero-order valence-corrected chi connectivity index (χ0v) is 9.77. The number of hydrogen-bond donors (Lipinski definition) is 1. The molecule has 0 aromatic rings. The minimum absolute atomic E-state index is 0.426. The Kier molecular flexibility index (Phi) is 13.9. The van der Waals surface area contributed by atoms with Crippen molar-refractivity contribution in [2.45, 2.75) is 12.8 Å². The third-order valence-electron chi connectivity index (χ3n) is 1.78. The molecule has 0 saturated heterocycles. The first-order valence-electron chi connectivity index (χ1n) is 5.66. The van der Waals surface area contributed by atoms with Gasteiger partial charge in [-0.2, -0.15) is 0 Å². The summed E-state index contributed by atoms with van der Waals surface area (Å²) < 4.78 is 15.7. The SMILES string of the molecule is [N-]=NCCCOCCOCCOCCCN. The predicted octanol–water partition coefficient (Wildman–Crippen LogP) is 0.797. The Balaban J connectivity index is 2.85. The summed E-state index contributed by atoms with van der Waals surface area (Å²) in [5, 5.41) is 2.98. The zero-order chi connectivity index (χ0) is 11.9. The maximum absolute atomic E-state index is 8.15. The summed E-state index contributed by atoms with van der Waals surface area (Å²) in [7, 11) is 0. The molecule has 0 rings (SSSR count). The van der Waals surface area contributed by atoms with Gasteiger partial charge >= 0.3 is 0 Å². The van der Waals surface area contributed by atoms with E-state index in [9.17, 15) is 0 Å². The summed E-state index contributed by atoms with van der Waals surface area (Å²) in [6.07, 6.45) is 1.62. The smallest absolute Gasteiger partial charge is 0.0701 e. The number of nitrogens with zero attached hydrogens (tertiary/aromatic N) is 2. The largest absolute Gasteiger partial charge is 0.712 e. The van der Waals surface area contributed by atoms with Gasteiger partial charge in [-0.05, 0) is 19.4 Å². The number of nitrogens with two attached hydrogens (primary N) is 1. The van der Waals surface area contributed by atoms with Crippen molar-refractivity contribution in [1.82, 2.24) is 0 Å². The lowest BCUT2D eigenvalue weighted by atomic mass is 10.5. The Morgan fingerprint density at radius 2 is 1.31 bits per heavy atom. The summed E-state index contributed by atoms with van der Waals surface area (Å²) in [6.45, 7) is 4.69. The topological polar surface area (TPSA) is 88.4 Å². The molecule has 0 amide bonds. The van der Waals surface area contributed by atoms with Crippen LogP contribution in [0.4, 0.5) is 0 Å². The Labute approximate surface area is 96.9 Å². The van der Waals surface area contributed by atoms with Gasteiger partial charge in [-0.3, -0.25) is 0 Å². The molecule has 0 aliphatic heterocycles. The first kappa shape index (κ1) is 15.4. The maximum Gasteiger partial charge on any atom is 0.0701 e. The highest BCUT2D eigenvalue weighted by Gasteiger charge is 1.91. The molecule has 16 heavy (non-hydrogen) atoms. The van der Waals surface area contributed by atoms with Crippen LogP contribution in [0.2, 0.25) is 0 Å². The van der Waals surface area contributed by atoms with Crippen molar-refractivity contribution in [3.63, 3.8) is 0 Å². The molecule has 2 N–H and O–H groups in total. The summed E-state index contributed by atoms with van der Waals surface area (Å²) >= 11 is 0. The zero-order valence-electron chi connectivity index (χ0n) is 9.77. The Morgan fingerprint density at radius 1 is 0.812 bits per heavy atom. The van der Waals surface area contributed by atoms with Crippen LogP contribution in [0.3, 0.4) is 0 Å². The van der Waals surface area contributed by atoms with Gasteiger partial charge in [0.2, 0.25) is 0 Å². The van der Waals surface area contributed by atoms with Crippen LogP contribution in [0.15, 0.2) is 5.11 Å². The lowest BCUT2D eigenvalue weighted by molar-refractivity contribution is 0.0143. The van der Waals surface area contributed by atoms with Crippen molar-refractivity contribution in [3.05, 3.63) is 5.53 Å². The van der Waals surface area contributed by atoms with Crippen LogP contribution in [0.5, 0.6) is 0 Å². The van der Waals surface area contributed by atoms with Gasteiger partial charge in [0.05, 0.1) is 26.4 Å². The second-order valence-electron chi connectivity index (χ2n) is 3.20. The molecule has 0 atom stereocenters. The number of hydrogen-bond acceptors (Lipinski definition) is 5. The van der Waals surface area contributed by atoms with Gasteiger partial charge in [0.1, 0.15) is 0 Å².